The molecular formula is C11H15N3O4. The van der Waals surface area contributed by atoms with Crippen LogP contribution < -0.4 is 4.90 Å². The number of anilines is 1. The van der Waals surface area contributed by atoms with Gasteiger partial charge in [0.15, 0.2) is 0 Å². The molecule has 1 heterocycles. The second-order valence-electron chi connectivity index (χ2n) is 3.51. The highest BCUT2D eigenvalue weighted by molar-refractivity contribution is 5.80. The molecule has 0 spiro atoms. The van der Waals surface area contributed by atoms with Crippen LogP contribution in [0.15, 0.2) is 12.3 Å². The number of hydrogen-bond donors (Lipinski definition) is 0. The van der Waals surface area contributed by atoms with Crippen LogP contribution in [-0.4, -0.2) is 49.2 Å². The molecule has 1 rings (SSSR count). The summed E-state index contributed by atoms with van der Waals surface area (Å²) in [6.07, 6.45) is 1.55. The van der Waals surface area contributed by atoms with Gasteiger partial charge in [-0.2, -0.15) is 0 Å². The molecular weight excluding hydrogens is 238 g/mol. The molecule has 0 saturated heterocycles. The SMILES string of the molecule is COC(=O)CN(CC(=O)OC)c1nccc(C)n1. The maximum Gasteiger partial charge on any atom is 0.325 e. The minimum Gasteiger partial charge on any atom is -0.468 e. The largest absolute Gasteiger partial charge is 0.468 e. The van der Waals surface area contributed by atoms with E-state index in [0.29, 0.717) is 0 Å². The summed E-state index contributed by atoms with van der Waals surface area (Å²) in [5.41, 5.74) is 0.736. The van der Waals surface area contributed by atoms with Gasteiger partial charge in [-0.3, -0.25) is 9.59 Å². The van der Waals surface area contributed by atoms with Crippen LogP contribution in [-0.2, 0) is 19.1 Å². The summed E-state index contributed by atoms with van der Waals surface area (Å²) in [7, 11) is 2.55. The summed E-state index contributed by atoms with van der Waals surface area (Å²) in [6.45, 7) is 1.56. The van der Waals surface area contributed by atoms with Gasteiger partial charge in [0, 0.05) is 11.9 Å². The number of methoxy groups -OCH3 is 2. The van der Waals surface area contributed by atoms with Gasteiger partial charge in [0.25, 0.3) is 0 Å². The molecule has 0 bridgehead atoms. The maximum atomic E-state index is 11.3. The first-order chi connectivity index (χ1) is 8.56. The Balaban J connectivity index is 2.88. The zero-order chi connectivity index (χ0) is 13.5. The van der Waals surface area contributed by atoms with Gasteiger partial charge in [-0.05, 0) is 13.0 Å². The van der Waals surface area contributed by atoms with Crippen molar-refractivity contribution in [3.05, 3.63) is 18.0 Å². The van der Waals surface area contributed by atoms with E-state index in [-0.39, 0.29) is 19.0 Å². The molecule has 7 heteroatoms. The lowest BCUT2D eigenvalue weighted by molar-refractivity contribution is -0.140. The minimum absolute atomic E-state index is 0.116. The Kier molecular flexibility index (Phi) is 5.04. The van der Waals surface area contributed by atoms with Gasteiger partial charge in [0.2, 0.25) is 5.95 Å². The average Bonchev–Trinajstić information content (AvgIpc) is 2.37. The maximum absolute atomic E-state index is 11.3. The molecule has 0 radical (unpaired) electrons. The van der Waals surface area contributed by atoms with Crippen molar-refractivity contribution >= 4 is 17.9 Å². The van der Waals surface area contributed by atoms with E-state index in [2.05, 4.69) is 19.4 Å². The summed E-state index contributed by atoms with van der Waals surface area (Å²) in [5, 5.41) is 0. The Hall–Kier alpha value is -2.18. The molecule has 1 aromatic heterocycles. The summed E-state index contributed by atoms with van der Waals surface area (Å²) in [6, 6.07) is 1.72. The fourth-order valence-electron chi connectivity index (χ4n) is 1.23. The number of rotatable bonds is 5. The lowest BCUT2D eigenvalue weighted by Gasteiger charge is -2.19. The Labute approximate surface area is 105 Å². The highest BCUT2D eigenvalue weighted by atomic mass is 16.5. The van der Waals surface area contributed by atoms with Crippen molar-refractivity contribution in [2.45, 2.75) is 6.92 Å². The van der Waals surface area contributed by atoms with E-state index in [1.54, 1.807) is 19.2 Å². The summed E-state index contributed by atoms with van der Waals surface area (Å²) < 4.78 is 9.12. The molecule has 1 aromatic rings. The third-order valence-corrected chi connectivity index (χ3v) is 2.16. The van der Waals surface area contributed by atoms with Gasteiger partial charge in [-0.1, -0.05) is 0 Å². The van der Waals surface area contributed by atoms with E-state index in [0.717, 1.165) is 5.69 Å². The first kappa shape index (κ1) is 13.9. The number of carbonyl (C=O) groups excluding carboxylic acids is 2. The Morgan fingerprint density at radius 3 is 2.22 bits per heavy atom. The van der Waals surface area contributed by atoms with Crippen LogP contribution in [0.2, 0.25) is 0 Å². The highest BCUT2D eigenvalue weighted by Gasteiger charge is 2.18. The highest BCUT2D eigenvalue weighted by Crippen LogP contribution is 2.07. The van der Waals surface area contributed by atoms with E-state index in [9.17, 15) is 9.59 Å². The predicted molar refractivity (Wildman–Crippen MR) is 63.0 cm³/mol. The number of ether oxygens (including phenoxy) is 2. The van der Waals surface area contributed by atoms with Crippen LogP contribution in [0, 0.1) is 6.92 Å². The quantitative estimate of drug-likeness (QED) is 0.680. The number of esters is 2. The fourth-order valence-corrected chi connectivity index (χ4v) is 1.23. The van der Waals surface area contributed by atoms with Gasteiger partial charge in [0.1, 0.15) is 13.1 Å². The van der Waals surface area contributed by atoms with E-state index in [1.165, 1.54) is 19.1 Å². The minimum atomic E-state index is -0.482. The average molecular weight is 253 g/mol. The molecule has 18 heavy (non-hydrogen) atoms. The Morgan fingerprint density at radius 1 is 1.22 bits per heavy atom. The molecule has 0 unspecified atom stereocenters. The number of carbonyl (C=O) groups is 2. The Morgan fingerprint density at radius 2 is 1.78 bits per heavy atom. The van der Waals surface area contributed by atoms with Gasteiger partial charge < -0.3 is 14.4 Å². The van der Waals surface area contributed by atoms with E-state index < -0.39 is 11.9 Å². The standard InChI is InChI=1S/C11H15N3O4/c1-8-4-5-12-11(13-8)14(6-9(15)17-2)7-10(16)18-3/h4-5H,6-7H2,1-3H3. The number of nitrogens with zero attached hydrogens (tertiary/aromatic N) is 3. The van der Waals surface area contributed by atoms with Crippen LogP contribution in [0.25, 0.3) is 0 Å². The first-order valence-electron chi connectivity index (χ1n) is 5.25. The molecule has 0 N–H and O–H groups in total. The lowest BCUT2D eigenvalue weighted by atomic mass is 10.4. The van der Waals surface area contributed by atoms with Crippen LogP contribution in [0.3, 0.4) is 0 Å². The third-order valence-electron chi connectivity index (χ3n) is 2.16. The molecule has 7 nitrogen and oxygen atoms in total. The monoisotopic (exact) mass is 253 g/mol. The summed E-state index contributed by atoms with van der Waals surface area (Å²) in [5.74, 6) is -0.682. The number of hydrogen-bond acceptors (Lipinski definition) is 7. The van der Waals surface area contributed by atoms with Crippen molar-refractivity contribution in [1.29, 1.82) is 0 Å². The smallest absolute Gasteiger partial charge is 0.325 e. The van der Waals surface area contributed by atoms with Gasteiger partial charge >= 0.3 is 11.9 Å². The van der Waals surface area contributed by atoms with Crippen molar-refractivity contribution in [1.82, 2.24) is 9.97 Å². The molecule has 0 aromatic carbocycles. The lowest BCUT2D eigenvalue weighted by Crippen LogP contribution is -2.36. The van der Waals surface area contributed by atoms with Crippen molar-refractivity contribution in [3.63, 3.8) is 0 Å². The summed E-state index contributed by atoms with van der Waals surface area (Å²) >= 11 is 0. The second kappa shape index (κ2) is 6.53. The number of aromatic nitrogens is 2. The van der Waals surface area contributed by atoms with Gasteiger partial charge in [-0.25, -0.2) is 9.97 Å². The first-order valence-corrected chi connectivity index (χ1v) is 5.25. The van der Waals surface area contributed by atoms with Crippen molar-refractivity contribution in [3.8, 4) is 0 Å². The van der Waals surface area contributed by atoms with E-state index >= 15 is 0 Å². The molecule has 98 valence electrons. The van der Waals surface area contributed by atoms with Crippen molar-refractivity contribution in [2.24, 2.45) is 0 Å². The van der Waals surface area contributed by atoms with Crippen LogP contribution in [0.1, 0.15) is 5.69 Å². The molecule has 0 atom stereocenters. The van der Waals surface area contributed by atoms with Crippen LogP contribution in [0.4, 0.5) is 5.95 Å². The third kappa shape index (κ3) is 4.00. The zero-order valence-corrected chi connectivity index (χ0v) is 10.5. The molecule has 0 amide bonds. The molecule has 0 aliphatic heterocycles. The molecule has 0 aliphatic carbocycles. The van der Waals surface area contributed by atoms with Gasteiger partial charge in [0.05, 0.1) is 14.2 Å². The molecule has 0 aliphatic rings. The fraction of sp³-hybridized carbons (Fsp3) is 0.455. The van der Waals surface area contributed by atoms with Crippen LogP contribution in [0.5, 0.6) is 0 Å². The predicted octanol–water partition coefficient (Wildman–Crippen LogP) is -0.0626. The number of aryl methyl sites for hydroxylation is 1. The van der Waals surface area contributed by atoms with Crippen LogP contribution >= 0.6 is 0 Å². The normalized spacial score (nSPS) is 9.72. The van der Waals surface area contributed by atoms with Crippen molar-refractivity contribution in [2.75, 3.05) is 32.2 Å². The van der Waals surface area contributed by atoms with Crippen molar-refractivity contribution < 1.29 is 19.1 Å². The van der Waals surface area contributed by atoms with Gasteiger partial charge in [-0.15, -0.1) is 0 Å². The van der Waals surface area contributed by atoms with E-state index in [4.69, 9.17) is 0 Å². The zero-order valence-electron chi connectivity index (χ0n) is 10.5. The second-order valence-corrected chi connectivity index (χ2v) is 3.51. The Bertz CT molecular complexity index is 418. The molecule has 0 saturated carbocycles. The summed E-state index contributed by atoms with van der Waals surface area (Å²) in [4.78, 5) is 32.1. The van der Waals surface area contributed by atoms with E-state index in [1.807, 2.05) is 0 Å². The molecule has 0 fully saturated rings. The topological polar surface area (TPSA) is 81.6 Å².